The Bertz CT molecular complexity index is 517. The van der Waals surface area contributed by atoms with Gasteiger partial charge in [0, 0.05) is 13.3 Å². The molecule has 1 amide bonds. The molecule has 1 aliphatic heterocycles. The average molecular weight is 449 g/mol. The van der Waals surface area contributed by atoms with Crippen LogP contribution in [0.4, 0.5) is 0 Å². The van der Waals surface area contributed by atoms with Crippen molar-refractivity contribution in [3.8, 4) is 0 Å². The number of aliphatic imine (C=N–C) groups is 1. The van der Waals surface area contributed by atoms with Gasteiger partial charge in [0.15, 0.2) is 6.17 Å². The first-order valence-electron chi connectivity index (χ1n) is 13.9. The summed E-state index contributed by atoms with van der Waals surface area (Å²) in [6.07, 6.45) is 29.0. The van der Waals surface area contributed by atoms with Crippen LogP contribution in [-0.4, -0.2) is 48.9 Å². The zero-order valence-corrected chi connectivity index (χ0v) is 21.8. The lowest BCUT2D eigenvalue weighted by Crippen LogP contribution is -2.55. The van der Waals surface area contributed by atoms with Crippen molar-refractivity contribution in [2.45, 2.75) is 130 Å². The molecule has 1 N–H and O–H groups in total. The van der Waals surface area contributed by atoms with E-state index in [-0.39, 0.29) is 5.91 Å². The number of unbranched alkanes of at least 4 members (excludes halogenated alkanes) is 13. The first-order valence-corrected chi connectivity index (χ1v) is 13.9. The second-order valence-corrected chi connectivity index (χ2v) is 9.79. The molecule has 0 bridgehead atoms. The van der Waals surface area contributed by atoms with Crippen LogP contribution in [0.2, 0.25) is 0 Å². The number of hydrogen-bond donors (Lipinski definition) is 1. The highest BCUT2D eigenvalue weighted by atomic mass is 16.1. The highest BCUT2D eigenvalue weighted by molar-refractivity contribution is 5.72. The van der Waals surface area contributed by atoms with Crippen molar-refractivity contribution < 1.29 is 9.28 Å². The molecule has 1 heterocycles. The van der Waals surface area contributed by atoms with Gasteiger partial charge in [0.25, 0.3) is 0 Å². The average Bonchev–Trinajstić information content (AvgIpc) is 3.18. The molecule has 1 aliphatic rings. The second kappa shape index (κ2) is 19.3. The topological polar surface area (TPSA) is 41.5 Å². The smallest absolute Gasteiger partial charge is 0.217 e. The third kappa shape index (κ3) is 13.4. The predicted octanol–water partition coefficient (Wildman–Crippen LogP) is 7.19. The molecular formula is C28H54N3O+. The monoisotopic (exact) mass is 448 g/mol. The van der Waals surface area contributed by atoms with Gasteiger partial charge in [-0.05, 0) is 32.6 Å². The normalized spacial score (nSPS) is 20.4. The highest BCUT2D eigenvalue weighted by Gasteiger charge is 2.37. The Kier molecular flexibility index (Phi) is 17.4. The van der Waals surface area contributed by atoms with E-state index in [4.69, 9.17) is 4.99 Å². The number of allylic oxidation sites excluding steroid dienone is 2. The summed E-state index contributed by atoms with van der Waals surface area (Å²) in [6.45, 7) is 9.96. The van der Waals surface area contributed by atoms with E-state index in [1.54, 1.807) is 6.92 Å². The Labute approximate surface area is 199 Å². The number of nitrogens with one attached hydrogen (secondary N) is 1. The van der Waals surface area contributed by atoms with Gasteiger partial charge in [-0.3, -0.25) is 9.28 Å². The van der Waals surface area contributed by atoms with Gasteiger partial charge >= 0.3 is 0 Å². The zero-order valence-electron chi connectivity index (χ0n) is 21.8. The number of carbonyl (C=O) groups excluding carboxylic acids is 1. The minimum Gasteiger partial charge on any atom is -0.351 e. The Morgan fingerprint density at radius 3 is 2.00 bits per heavy atom. The number of nitrogens with zero attached hydrogens (tertiary/aromatic N) is 2. The van der Waals surface area contributed by atoms with Crippen molar-refractivity contribution in [3.63, 3.8) is 0 Å². The number of amides is 1. The lowest BCUT2D eigenvalue weighted by Gasteiger charge is -2.38. The lowest BCUT2D eigenvalue weighted by molar-refractivity contribution is -0.935. The standard InChI is InChI=1S/C28H53N3O/c1-4-6-7-8-9-10-11-12-13-14-15-16-17-18-19-20-21-22-28-30-24-26-31(28,5-2)25-23-29-27(3)32/h6-7,24,28H,4-5,8-23,25-26H2,1-3H3/p+1/b7-6+. The Morgan fingerprint density at radius 1 is 0.906 bits per heavy atom. The highest BCUT2D eigenvalue weighted by Crippen LogP contribution is 2.24. The Hall–Kier alpha value is -1.16. The van der Waals surface area contributed by atoms with Gasteiger partial charge in [-0.1, -0.05) is 89.7 Å². The summed E-state index contributed by atoms with van der Waals surface area (Å²) >= 11 is 0. The number of quaternary nitrogens is 1. The van der Waals surface area contributed by atoms with E-state index in [9.17, 15) is 4.79 Å². The maximum Gasteiger partial charge on any atom is 0.217 e. The molecule has 0 aromatic carbocycles. The summed E-state index contributed by atoms with van der Waals surface area (Å²) in [6, 6.07) is 0. The number of rotatable bonds is 21. The van der Waals surface area contributed by atoms with Crippen LogP contribution >= 0.6 is 0 Å². The number of likely N-dealkylation sites (N-methyl/N-ethyl adjacent to an activating group) is 1. The van der Waals surface area contributed by atoms with Crippen molar-refractivity contribution in [1.82, 2.24) is 5.32 Å². The van der Waals surface area contributed by atoms with Gasteiger partial charge < -0.3 is 5.32 Å². The molecule has 0 fully saturated rings. The van der Waals surface area contributed by atoms with Gasteiger partial charge in [-0.2, -0.15) is 0 Å². The second-order valence-electron chi connectivity index (χ2n) is 9.79. The zero-order chi connectivity index (χ0) is 23.3. The van der Waals surface area contributed by atoms with Crippen LogP contribution in [0.3, 0.4) is 0 Å². The molecule has 4 nitrogen and oxygen atoms in total. The van der Waals surface area contributed by atoms with Crippen molar-refractivity contribution in [3.05, 3.63) is 12.2 Å². The van der Waals surface area contributed by atoms with E-state index in [2.05, 4.69) is 37.5 Å². The maximum absolute atomic E-state index is 11.2. The predicted molar refractivity (Wildman–Crippen MR) is 140 cm³/mol. The van der Waals surface area contributed by atoms with E-state index in [0.29, 0.717) is 6.17 Å². The molecule has 1 rings (SSSR count). The van der Waals surface area contributed by atoms with Gasteiger partial charge in [0.2, 0.25) is 5.91 Å². The Balaban J connectivity index is 1.93. The molecule has 32 heavy (non-hydrogen) atoms. The molecule has 0 aliphatic carbocycles. The molecule has 0 spiro atoms. The summed E-state index contributed by atoms with van der Waals surface area (Å²) in [5.41, 5.74) is 0. The summed E-state index contributed by atoms with van der Waals surface area (Å²) in [4.78, 5) is 16.0. The van der Waals surface area contributed by atoms with Crippen LogP contribution in [0.15, 0.2) is 17.1 Å². The fourth-order valence-electron chi connectivity index (χ4n) is 4.95. The fourth-order valence-corrected chi connectivity index (χ4v) is 4.95. The molecule has 0 saturated heterocycles. The third-order valence-corrected chi connectivity index (χ3v) is 7.15. The first-order chi connectivity index (χ1) is 15.6. The molecule has 0 radical (unpaired) electrons. The van der Waals surface area contributed by atoms with E-state index in [0.717, 1.165) is 30.7 Å². The van der Waals surface area contributed by atoms with E-state index < -0.39 is 0 Å². The number of hydrogen-bond acceptors (Lipinski definition) is 2. The number of carbonyl (C=O) groups is 1. The summed E-state index contributed by atoms with van der Waals surface area (Å²) in [5.74, 6) is 0.0712. The SMILES string of the molecule is CC/C=C/CCCCCCCCCCCCCCCC1N=CC[N+]1(CC)CCNC(C)=O. The van der Waals surface area contributed by atoms with Crippen LogP contribution in [0, 0.1) is 0 Å². The minimum atomic E-state index is 0.0712. The first kappa shape index (κ1) is 28.9. The molecular weight excluding hydrogens is 394 g/mol. The summed E-state index contributed by atoms with van der Waals surface area (Å²) < 4.78 is 1.02. The van der Waals surface area contributed by atoms with Crippen molar-refractivity contribution in [1.29, 1.82) is 0 Å². The van der Waals surface area contributed by atoms with Gasteiger partial charge in [-0.15, -0.1) is 0 Å². The summed E-state index contributed by atoms with van der Waals surface area (Å²) in [5, 5.41) is 2.97. The molecule has 0 saturated carbocycles. The van der Waals surface area contributed by atoms with E-state index >= 15 is 0 Å². The van der Waals surface area contributed by atoms with E-state index in [1.165, 1.54) is 103 Å². The quantitative estimate of drug-likeness (QED) is 0.113. The van der Waals surface area contributed by atoms with Crippen molar-refractivity contribution in [2.75, 3.05) is 26.2 Å². The third-order valence-electron chi connectivity index (χ3n) is 7.15. The molecule has 2 unspecified atom stereocenters. The van der Waals surface area contributed by atoms with Gasteiger partial charge in [-0.25, -0.2) is 4.99 Å². The summed E-state index contributed by atoms with van der Waals surface area (Å²) in [7, 11) is 0. The maximum atomic E-state index is 11.2. The van der Waals surface area contributed by atoms with Crippen LogP contribution in [0.1, 0.15) is 124 Å². The lowest BCUT2D eigenvalue weighted by atomic mass is 10.0. The molecule has 4 heteroatoms. The van der Waals surface area contributed by atoms with E-state index in [1.807, 2.05) is 0 Å². The molecule has 186 valence electrons. The van der Waals surface area contributed by atoms with Crippen LogP contribution in [0.25, 0.3) is 0 Å². The minimum absolute atomic E-state index is 0.0712. The van der Waals surface area contributed by atoms with Gasteiger partial charge in [0.05, 0.1) is 25.8 Å². The fraction of sp³-hybridized carbons (Fsp3) is 0.857. The largest absolute Gasteiger partial charge is 0.351 e. The van der Waals surface area contributed by atoms with Crippen molar-refractivity contribution in [2.24, 2.45) is 4.99 Å². The molecule has 2 atom stereocenters. The van der Waals surface area contributed by atoms with Crippen molar-refractivity contribution >= 4 is 12.1 Å². The van der Waals surface area contributed by atoms with Crippen LogP contribution in [0.5, 0.6) is 0 Å². The Morgan fingerprint density at radius 2 is 1.47 bits per heavy atom. The van der Waals surface area contributed by atoms with Crippen LogP contribution in [-0.2, 0) is 4.79 Å². The van der Waals surface area contributed by atoms with Gasteiger partial charge in [0.1, 0.15) is 6.54 Å². The van der Waals surface area contributed by atoms with Crippen LogP contribution < -0.4 is 5.32 Å². The molecule has 0 aromatic heterocycles. The molecule has 0 aromatic rings.